The number of rotatable bonds is 5. The van der Waals surface area contributed by atoms with Gasteiger partial charge in [0.1, 0.15) is 0 Å². The van der Waals surface area contributed by atoms with Crippen LogP contribution in [0.3, 0.4) is 0 Å². The number of nitrogens with zero attached hydrogens (tertiary/aromatic N) is 1. The number of nitrogens with one attached hydrogen (secondary N) is 1. The molecule has 0 aromatic heterocycles. The number of halogens is 1. The first-order valence-electron chi connectivity index (χ1n) is 7.24. The molecule has 1 aromatic rings. The zero-order valence-corrected chi connectivity index (χ0v) is 13.2. The molecule has 0 saturated carbocycles. The molecular formula is C16H23ClN2O2. The van der Waals surface area contributed by atoms with Gasteiger partial charge in [-0.1, -0.05) is 30.3 Å². The average molecular weight is 311 g/mol. The fraction of sp³-hybridized carbons (Fsp3) is 0.500. The number of likely N-dealkylation sites (tertiary alicyclic amines) is 1. The minimum absolute atomic E-state index is 0. The molecule has 21 heavy (non-hydrogen) atoms. The fourth-order valence-corrected chi connectivity index (χ4v) is 2.59. The van der Waals surface area contributed by atoms with Gasteiger partial charge in [-0.15, -0.1) is 12.4 Å². The van der Waals surface area contributed by atoms with Gasteiger partial charge in [0.25, 0.3) is 0 Å². The number of carbonyl (C=O) groups is 2. The third-order valence-corrected chi connectivity index (χ3v) is 3.84. The highest BCUT2D eigenvalue weighted by Gasteiger charge is 2.22. The minimum atomic E-state index is 0. The summed E-state index contributed by atoms with van der Waals surface area (Å²) in [6.07, 6.45) is 2.75. The van der Waals surface area contributed by atoms with E-state index in [2.05, 4.69) is 5.32 Å². The Morgan fingerprint density at radius 3 is 2.62 bits per heavy atom. The smallest absolute Gasteiger partial charge is 0.223 e. The predicted octanol–water partition coefficient (Wildman–Crippen LogP) is 2.28. The van der Waals surface area contributed by atoms with Gasteiger partial charge in [-0.05, 0) is 19.9 Å². The second kappa shape index (κ2) is 8.80. The molecule has 1 atom stereocenters. The topological polar surface area (TPSA) is 49.4 Å². The van der Waals surface area contributed by atoms with Crippen LogP contribution >= 0.6 is 12.4 Å². The molecule has 5 heteroatoms. The molecule has 1 N–H and O–H groups in total. The number of hydrogen-bond acceptors (Lipinski definition) is 3. The largest absolute Gasteiger partial charge is 0.341 e. The summed E-state index contributed by atoms with van der Waals surface area (Å²) in [5, 5.41) is 3.22. The van der Waals surface area contributed by atoms with Crippen molar-refractivity contribution >= 4 is 24.1 Å². The quantitative estimate of drug-likeness (QED) is 0.849. The van der Waals surface area contributed by atoms with Crippen LogP contribution in [0.4, 0.5) is 0 Å². The van der Waals surface area contributed by atoms with Gasteiger partial charge in [-0.2, -0.15) is 0 Å². The number of benzene rings is 1. The van der Waals surface area contributed by atoms with Crippen LogP contribution in [0.5, 0.6) is 0 Å². The summed E-state index contributed by atoms with van der Waals surface area (Å²) in [5.74, 6) is 0.135. The molecule has 0 spiro atoms. The van der Waals surface area contributed by atoms with E-state index >= 15 is 0 Å². The van der Waals surface area contributed by atoms with Crippen molar-refractivity contribution in [1.82, 2.24) is 10.2 Å². The molecule has 4 nitrogen and oxygen atoms in total. The van der Waals surface area contributed by atoms with Crippen molar-refractivity contribution in [3.05, 3.63) is 35.9 Å². The van der Waals surface area contributed by atoms with E-state index in [0.29, 0.717) is 24.4 Å². The van der Waals surface area contributed by atoms with E-state index in [9.17, 15) is 9.59 Å². The average Bonchev–Trinajstić information content (AvgIpc) is 2.53. The molecule has 1 fully saturated rings. The molecule has 1 amide bonds. The molecule has 0 radical (unpaired) electrons. The Morgan fingerprint density at radius 2 is 1.95 bits per heavy atom. The Hall–Kier alpha value is -1.39. The van der Waals surface area contributed by atoms with E-state index in [1.807, 2.05) is 30.1 Å². The maximum Gasteiger partial charge on any atom is 0.223 e. The molecule has 1 aliphatic rings. The molecule has 1 unspecified atom stereocenters. The fourth-order valence-electron chi connectivity index (χ4n) is 2.59. The number of amides is 1. The summed E-state index contributed by atoms with van der Waals surface area (Å²) in [5.41, 5.74) is 0.687. The summed E-state index contributed by atoms with van der Waals surface area (Å²) in [7, 11) is 1.93. The lowest BCUT2D eigenvalue weighted by atomic mass is 10.0. The number of Topliss-reactive ketones (excluding diaryl/α,β-unsaturated/α-hetero) is 1. The normalized spacial score (nSPS) is 18.0. The molecule has 116 valence electrons. The molecule has 1 heterocycles. The van der Waals surface area contributed by atoms with Crippen LogP contribution in [0.2, 0.25) is 0 Å². The van der Waals surface area contributed by atoms with E-state index in [1.54, 1.807) is 12.1 Å². The van der Waals surface area contributed by atoms with Crippen LogP contribution in [-0.4, -0.2) is 42.8 Å². The molecule has 1 saturated heterocycles. The van der Waals surface area contributed by atoms with Crippen molar-refractivity contribution in [1.29, 1.82) is 0 Å². The first-order valence-corrected chi connectivity index (χ1v) is 7.24. The van der Waals surface area contributed by atoms with Gasteiger partial charge in [0.05, 0.1) is 0 Å². The van der Waals surface area contributed by atoms with E-state index < -0.39 is 0 Å². The van der Waals surface area contributed by atoms with Crippen molar-refractivity contribution in [2.24, 2.45) is 0 Å². The second-order valence-corrected chi connectivity index (χ2v) is 5.26. The van der Waals surface area contributed by atoms with Gasteiger partial charge < -0.3 is 10.2 Å². The summed E-state index contributed by atoms with van der Waals surface area (Å²) >= 11 is 0. The Labute approximate surface area is 132 Å². The first-order chi connectivity index (χ1) is 9.70. The Bertz CT molecular complexity index is 465. The van der Waals surface area contributed by atoms with Crippen molar-refractivity contribution in [3.63, 3.8) is 0 Å². The Morgan fingerprint density at radius 1 is 1.24 bits per heavy atom. The van der Waals surface area contributed by atoms with E-state index in [0.717, 1.165) is 25.9 Å². The third-order valence-electron chi connectivity index (χ3n) is 3.84. The Kier molecular flexibility index (Phi) is 7.40. The summed E-state index contributed by atoms with van der Waals surface area (Å²) in [4.78, 5) is 26.0. The van der Waals surface area contributed by atoms with E-state index in [-0.39, 0.29) is 24.1 Å². The molecule has 0 aliphatic carbocycles. The van der Waals surface area contributed by atoms with Gasteiger partial charge in [0.15, 0.2) is 5.78 Å². The first kappa shape index (κ1) is 17.7. The number of carbonyl (C=O) groups excluding carboxylic acids is 2. The zero-order valence-electron chi connectivity index (χ0n) is 12.4. The van der Waals surface area contributed by atoms with Gasteiger partial charge in [0.2, 0.25) is 5.91 Å². The van der Waals surface area contributed by atoms with Crippen LogP contribution < -0.4 is 5.32 Å². The van der Waals surface area contributed by atoms with Crippen molar-refractivity contribution < 1.29 is 9.59 Å². The van der Waals surface area contributed by atoms with Crippen molar-refractivity contribution in [2.75, 3.05) is 20.1 Å². The van der Waals surface area contributed by atoms with Gasteiger partial charge in [0, 0.05) is 37.5 Å². The van der Waals surface area contributed by atoms with Crippen LogP contribution in [0.25, 0.3) is 0 Å². The predicted molar refractivity (Wildman–Crippen MR) is 85.9 cm³/mol. The molecule has 2 rings (SSSR count). The lowest BCUT2D eigenvalue weighted by Gasteiger charge is -2.32. The lowest BCUT2D eigenvalue weighted by molar-refractivity contribution is -0.132. The van der Waals surface area contributed by atoms with E-state index in [1.165, 1.54) is 0 Å². The summed E-state index contributed by atoms with van der Waals surface area (Å²) in [6.45, 7) is 1.57. The Balaban J connectivity index is 0.00000220. The van der Waals surface area contributed by atoms with Gasteiger partial charge in [-0.3, -0.25) is 9.59 Å². The maximum absolute atomic E-state index is 12.1. The molecule has 0 bridgehead atoms. The highest BCUT2D eigenvalue weighted by Crippen LogP contribution is 2.13. The maximum atomic E-state index is 12.1. The third kappa shape index (κ3) is 5.14. The summed E-state index contributed by atoms with van der Waals surface area (Å²) < 4.78 is 0. The van der Waals surface area contributed by atoms with Crippen molar-refractivity contribution in [2.45, 2.75) is 31.7 Å². The van der Waals surface area contributed by atoms with Crippen molar-refractivity contribution in [3.8, 4) is 0 Å². The molecule has 1 aliphatic heterocycles. The molecule has 1 aromatic carbocycles. The standard InChI is InChI=1S/C16H22N2O2.ClH/c1-17-14-8-5-11-18(12-14)16(20)10-9-15(19)13-6-3-2-4-7-13;/h2-4,6-7,14,17H,5,8-12H2,1H3;1H. The highest BCUT2D eigenvalue weighted by atomic mass is 35.5. The number of ketones is 1. The summed E-state index contributed by atoms with van der Waals surface area (Å²) in [6, 6.07) is 9.55. The zero-order chi connectivity index (χ0) is 14.4. The lowest BCUT2D eigenvalue weighted by Crippen LogP contribution is -2.47. The highest BCUT2D eigenvalue weighted by molar-refractivity contribution is 5.97. The van der Waals surface area contributed by atoms with Crippen LogP contribution in [0.1, 0.15) is 36.0 Å². The van der Waals surface area contributed by atoms with E-state index in [4.69, 9.17) is 0 Å². The number of likely N-dealkylation sites (N-methyl/N-ethyl adjacent to an activating group) is 1. The SMILES string of the molecule is CNC1CCCN(C(=O)CCC(=O)c2ccccc2)C1.Cl. The van der Waals surface area contributed by atoms with Crippen LogP contribution in [0, 0.1) is 0 Å². The number of piperidine rings is 1. The molecular weight excluding hydrogens is 288 g/mol. The minimum Gasteiger partial charge on any atom is -0.341 e. The monoisotopic (exact) mass is 310 g/mol. The van der Waals surface area contributed by atoms with Crippen LogP contribution in [-0.2, 0) is 4.79 Å². The van der Waals surface area contributed by atoms with Gasteiger partial charge in [-0.25, -0.2) is 0 Å². The number of hydrogen-bond donors (Lipinski definition) is 1. The van der Waals surface area contributed by atoms with Crippen LogP contribution in [0.15, 0.2) is 30.3 Å². The second-order valence-electron chi connectivity index (χ2n) is 5.26. The van der Waals surface area contributed by atoms with Gasteiger partial charge >= 0.3 is 0 Å².